The van der Waals surface area contributed by atoms with Gasteiger partial charge in [-0.3, -0.25) is 9.78 Å². The molecule has 1 aromatic carbocycles. The van der Waals surface area contributed by atoms with Gasteiger partial charge in [-0.1, -0.05) is 18.2 Å². The van der Waals surface area contributed by atoms with Gasteiger partial charge in [0.25, 0.3) is 5.56 Å². The van der Waals surface area contributed by atoms with Crippen LogP contribution in [0.3, 0.4) is 0 Å². The molecule has 0 unspecified atom stereocenters. The van der Waals surface area contributed by atoms with Crippen LogP contribution in [0.4, 0.5) is 0 Å². The number of para-hydroxylation sites is 1. The summed E-state index contributed by atoms with van der Waals surface area (Å²) in [6.07, 6.45) is 0. The molecule has 0 saturated carbocycles. The molecule has 0 amide bonds. The second-order valence-corrected chi connectivity index (χ2v) is 4.34. The number of benzene rings is 1. The predicted octanol–water partition coefficient (Wildman–Crippen LogP) is -0.771. The summed E-state index contributed by atoms with van der Waals surface area (Å²) in [7, 11) is 0. The topological polar surface area (TPSA) is 152 Å². The number of guanidine groups is 1. The van der Waals surface area contributed by atoms with Crippen LogP contribution in [-0.2, 0) is 0 Å². The summed E-state index contributed by atoms with van der Waals surface area (Å²) >= 11 is 0. The second kappa shape index (κ2) is 5.95. The number of hydrogen-bond donors (Lipinski definition) is 4. The van der Waals surface area contributed by atoms with Crippen molar-refractivity contribution in [1.29, 1.82) is 0 Å². The smallest absolute Gasteiger partial charge is 0.335 e. The van der Waals surface area contributed by atoms with E-state index in [4.69, 9.17) is 11.5 Å². The molecule has 0 aliphatic carbocycles. The highest BCUT2D eigenvalue weighted by atomic mass is 16.3. The molecule has 0 aliphatic heterocycles. The fraction of sp³-hybridized carbons (Fsp3) is 0.0769. The maximum Gasteiger partial charge on any atom is 0.335 e. The number of aromatic hydroxyl groups is 1. The van der Waals surface area contributed by atoms with Crippen LogP contribution in [0.1, 0.15) is 12.5 Å². The Kier molecular flexibility index (Phi) is 4.07. The molecule has 114 valence electrons. The third-order valence-corrected chi connectivity index (χ3v) is 2.78. The highest BCUT2D eigenvalue weighted by Gasteiger charge is 2.17. The minimum absolute atomic E-state index is 0.0526. The minimum atomic E-state index is -0.790. The zero-order valence-electron chi connectivity index (χ0n) is 11.6. The second-order valence-electron chi connectivity index (χ2n) is 4.34. The van der Waals surface area contributed by atoms with E-state index in [1.165, 1.54) is 6.92 Å². The van der Waals surface area contributed by atoms with Crippen LogP contribution in [0.2, 0.25) is 0 Å². The first kappa shape index (κ1) is 15.0. The molecule has 9 nitrogen and oxygen atoms in total. The molecule has 0 spiro atoms. The Morgan fingerprint density at radius 1 is 1.18 bits per heavy atom. The molecule has 0 atom stereocenters. The Morgan fingerprint density at radius 3 is 2.41 bits per heavy atom. The average molecular weight is 302 g/mol. The van der Waals surface area contributed by atoms with Crippen molar-refractivity contribution in [3.63, 3.8) is 0 Å². The Balaban J connectivity index is 2.73. The predicted molar refractivity (Wildman–Crippen MR) is 82.3 cm³/mol. The largest absolute Gasteiger partial charge is 0.493 e. The van der Waals surface area contributed by atoms with Crippen molar-refractivity contribution in [1.82, 2.24) is 9.55 Å². The standard InChI is InChI=1S/C13H14N6O3/c1-7(17-18-12(14)15)9-10(20)16-13(22)19(11(9)21)8-5-3-2-4-6-8/h2-6,21H,1H3,(H4,14,15,18)(H,16,20,22)/b17-7+. The van der Waals surface area contributed by atoms with Gasteiger partial charge in [0.15, 0.2) is 0 Å². The first-order valence-electron chi connectivity index (χ1n) is 6.19. The minimum Gasteiger partial charge on any atom is -0.493 e. The molecule has 0 fully saturated rings. The number of H-pyrrole nitrogens is 1. The third kappa shape index (κ3) is 2.87. The number of nitrogens with zero attached hydrogens (tertiary/aromatic N) is 3. The van der Waals surface area contributed by atoms with E-state index in [-0.39, 0.29) is 17.2 Å². The van der Waals surface area contributed by atoms with Crippen LogP contribution >= 0.6 is 0 Å². The highest BCUT2D eigenvalue weighted by Crippen LogP contribution is 2.16. The van der Waals surface area contributed by atoms with Crippen molar-refractivity contribution < 1.29 is 5.11 Å². The van der Waals surface area contributed by atoms with Crippen molar-refractivity contribution >= 4 is 11.7 Å². The molecule has 0 aliphatic rings. The van der Waals surface area contributed by atoms with E-state index >= 15 is 0 Å². The molecule has 9 heteroatoms. The normalized spacial score (nSPS) is 11.2. The summed E-state index contributed by atoms with van der Waals surface area (Å²) in [6, 6.07) is 8.33. The first-order chi connectivity index (χ1) is 10.4. The number of aromatic nitrogens is 2. The molecular formula is C13H14N6O3. The summed E-state index contributed by atoms with van der Waals surface area (Å²) in [5, 5.41) is 17.3. The molecule has 0 saturated heterocycles. The van der Waals surface area contributed by atoms with E-state index in [2.05, 4.69) is 15.2 Å². The van der Waals surface area contributed by atoms with Gasteiger partial charge in [0.05, 0.1) is 11.4 Å². The van der Waals surface area contributed by atoms with Crippen LogP contribution in [-0.4, -0.2) is 26.3 Å². The van der Waals surface area contributed by atoms with Gasteiger partial charge in [0.1, 0.15) is 5.56 Å². The average Bonchev–Trinajstić information content (AvgIpc) is 2.45. The monoisotopic (exact) mass is 302 g/mol. The van der Waals surface area contributed by atoms with E-state index in [1.807, 2.05) is 0 Å². The van der Waals surface area contributed by atoms with Crippen LogP contribution in [0.25, 0.3) is 5.69 Å². The maximum absolute atomic E-state index is 11.9. The molecule has 22 heavy (non-hydrogen) atoms. The molecule has 2 rings (SSSR count). The number of nitrogens with two attached hydrogens (primary N) is 2. The van der Waals surface area contributed by atoms with Crippen LogP contribution in [0, 0.1) is 0 Å². The summed E-state index contributed by atoms with van der Waals surface area (Å²) < 4.78 is 0.950. The van der Waals surface area contributed by atoms with Crippen LogP contribution in [0.5, 0.6) is 5.88 Å². The van der Waals surface area contributed by atoms with Gasteiger partial charge in [-0.05, 0) is 19.1 Å². The van der Waals surface area contributed by atoms with Crippen molar-refractivity contribution in [2.45, 2.75) is 6.92 Å². The molecule has 1 aromatic heterocycles. The van der Waals surface area contributed by atoms with Crippen molar-refractivity contribution in [2.75, 3.05) is 0 Å². The van der Waals surface area contributed by atoms with Crippen LogP contribution < -0.4 is 22.7 Å². The SMILES string of the molecule is C/C(=N\N=C(N)N)c1c(O)n(-c2ccccc2)c(=O)[nH]c1=O. The Bertz CT molecular complexity index is 860. The van der Waals surface area contributed by atoms with Gasteiger partial charge in [-0.15, -0.1) is 5.10 Å². The third-order valence-electron chi connectivity index (χ3n) is 2.78. The zero-order chi connectivity index (χ0) is 16.3. The quantitative estimate of drug-likeness (QED) is 0.333. The van der Waals surface area contributed by atoms with Gasteiger partial charge >= 0.3 is 5.69 Å². The summed E-state index contributed by atoms with van der Waals surface area (Å²) in [4.78, 5) is 26.0. The Morgan fingerprint density at radius 2 is 1.82 bits per heavy atom. The van der Waals surface area contributed by atoms with E-state index in [0.29, 0.717) is 5.69 Å². The van der Waals surface area contributed by atoms with Gasteiger partial charge in [-0.25, -0.2) is 9.36 Å². The van der Waals surface area contributed by atoms with Gasteiger partial charge in [0.2, 0.25) is 11.8 Å². The molecule has 1 heterocycles. The van der Waals surface area contributed by atoms with Crippen LogP contribution in [0.15, 0.2) is 50.1 Å². The van der Waals surface area contributed by atoms with Gasteiger partial charge in [-0.2, -0.15) is 5.10 Å². The Labute approximate surface area is 124 Å². The molecular weight excluding hydrogens is 288 g/mol. The molecule has 0 radical (unpaired) electrons. The van der Waals surface area contributed by atoms with E-state index in [9.17, 15) is 14.7 Å². The maximum atomic E-state index is 11.9. The van der Waals surface area contributed by atoms with Crippen molar-refractivity contribution in [3.8, 4) is 11.6 Å². The fourth-order valence-corrected chi connectivity index (χ4v) is 1.85. The number of rotatable bonds is 3. The van der Waals surface area contributed by atoms with Crippen molar-refractivity contribution in [2.24, 2.45) is 21.7 Å². The lowest BCUT2D eigenvalue weighted by atomic mass is 10.2. The lowest BCUT2D eigenvalue weighted by Crippen LogP contribution is -2.32. The molecule has 0 bridgehead atoms. The van der Waals surface area contributed by atoms with Gasteiger partial charge < -0.3 is 16.6 Å². The number of hydrogen-bond acceptors (Lipinski definition) is 5. The van der Waals surface area contributed by atoms with Crippen molar-refractivity contribution in [3.05, 3.63) is 56.7 Å². The zero-order valence-corrected chi connectivity index (χ0v) is 11.6. The summed E-state index contributed by atoms with van der Waals surface area (Å²) in [5.74, 6) is -0.848. The number of aromatic amines is 1. The van der Waals surface area contributed by atoms with E-state index in [0.717, 1.165) is 4.57 Å². The molecule has 6 N–H and O–H groups in total. The summed E-state index contributed by atoms with van der Waals surface area (Å²) in [5.41, 5.74) is 8.99. The van der Waals surface area contributed by atoms with E-state index < -0.39 is 17.1 Å². The van der Waals surface area contributed by atoms with Gasteiger partial charge in [0, 0.05) is 0 Å². The van der Waals surface area contributed by atoms with E-state index in [1.54, 1.807) is 30.3 Å². The number of nitrogens with one attached hydrogen (secondary N) is 1. The Hall–Kier alpha value is -3.36. The molecule has 2 aromatic rings. The lowest BCUT2D eigenvalue weighted by molar-refractivity contribution is 0.429. The fourth-order valence-electron chi connectivity index (χ4n) is 1.85. The summed E-state index contributed by atoms with van der Waals surface area (Å²) in [6.45, 7) is 1.43. The lowest BCUT2D eigenvalue weighted by Gasteiger charge is -2.10. The highest BCUT2D eigenvalue weighted by molar-refractivity contribution is 6.00. The first-order valence-corrected chi connectivity index (χ1v) is 6.19.